The van der Waals surface area contributed by atoms with Crippen LogP contribution in [0.5, 0.6) is 5.75 Å². The second-order valence-corrected chi connectivity index (χ2v) is 4.78. The third-order valence-corrected chi connectivity index (χ3v) is 3.40. The van der Waals surface area contributed by atoms with Gasteiger partial charge in [-0.1, -0.05) is 32.0 Å². The average molecular weight is 219 g/mol. The van der Waals surface area contributed by atoms with Crippen molar-refractivity contribution in [3.05, 3.63) is 29.8 Å². The van der Waals surface area contributed by atoms with E-state index < -0.39 is 0 Å². The molecule has 1 N–H and O–H groups in total. The van der Waals surface area contributed by atoms with Crippen molar-refractivity contribution >= 4 is 0 Å². The Balaban J connectivity index is 2.22. The molecule has 0 aliphatic carbocycles. The van der Waals surface area contributed by atoms with Gasteiger partial charge in [-0.05, 0) is 19.4 Å². The third-order valence-electron chi connectivity index (χ3n) is 3.40. The molecule has 0 aromatic heterocycles. The Morgan fingerprint density at radius 3 is 2.94 bits per heavy atom. The number of hydrogen-bond donors (Lipinski definition) is 1. The Morgan fingerprint density at radius 2 is 2.19 bits per heavy atom. The molecule has 2 nitrogen and oxygen atoms in total. The maximum Gasteiger partial charge on any atom is 0.124 e. The molecule has 16 heavy (non-hydrogen) atoms. The summed E-state index contributed by atoms with van der Waals surface area (Å²) in [6.45, 7) is 7.51. The third kappa shape index (κ3) is 2.22. The summed E-state index contributed by atoms with van der Waals surface area (Å²) in [4.78, 5) is 0. The van der Waals surface area contributed by atoms with Crippen LogP contribution in [-0.4, -0.2) is 12.6 Å². The molecule has 0 fully saturated rings. The van der Waals surface area contributed by atoms with Crippen molar-refractivity contribution in [3.63, 3.8) is 0 Å². The van der Waals surface area contributed by atoms with E-state index in [1.165, 1.54) is 5.56 Å². The first kappa shape index (κ1) is 11.5. The molecule has 0 radical (unpaired) electrons. The van der Waals surface area contributed by atoms with Crippen molar-refractivity contribution in [1.29, 1.82) is 0 Å². The summed E-state index contributed by atoms with van der Waals surface area (Å²) in [5.41, 5.74) is 1.31. The summed E-state index contributed by atoms with van der Waals surface area (Å²) in [6.07, 6.45) is 1.16. The fourth-order valence-electron chi connectivity index (χ4n) is 2.17. The minimum absolute atomic E-state index is 0.430. The summed E-state index contributed by atoms with van der Waals surface area (Å²) in [6, 6.07) is 9.34. The number of fused-ring (bicyclic) bond motifs is 1. The van der Waals surface area contributed by atoms with Gasteiger partial charge < -0.3 is 10.1 Å². The van der Waals surface area contributed by atoms with Gasteiger partial charge in [0.2, 0.25) is 0 Å². The Kier molecular flexibility index (Phi) is 3.49. The zero-order valence-electron chi connectivity index (χ0n) is 10.4. The lowest BCUT2D eigenvalue weighted by molar-refractivity contribution is 0.181. The molecule has 1 aromatic carbocycles. The number of benzene rings is 1. The highest BCUT2D eigenvalue weighted by Crippen LogP contribution is 2.35. The van der Waals surface area contributed by atoms with E-state index in [0.717, 1.165) is 18.8 Å². The van der Waals surface area contributed by atoms with Gasteiger partial charge in [-0.25, -0.2) is 0 Å². The Hall–Kier alpha value is -1.02. The molecule has 1 aromatic rings. The first-order valence-corrected chi connectivity index (χ1v) is 6.20. The summed E-state index contributed by atoms with van der Waals surface area (Å²) < 4.78 is 5.74. The number of ether oxygens (including phenoxy) is 1. The molecule has 1 heterocycles. The molecule has 2 heteroatoms. The molecule has 0 saturated carbocycles. The van der Waals surface area contributed by atoms with E-state index in [9.17, 15) is 0 Å². The van der Waals surface area contributed by atoms with Crippen molar-refractivity contribution in [2.45, 2.75) is 39.3 Å². The molecular formula is C14H21NO. The first-order chi connectivity index (χ1) is 7.72. The maximum absolute atomic E-state index is 5.74. The second-order valence-electron chi connectivity index (χ2n) is 4.78. The Bertz CT molecular complexity index is 350. The van der Waals surface area contributed by atoms with E-state index in [1.54, 1.807) is 0 Å². The van der Waals surface area contributed by atoms with Crippen molar-refractivity contribution in [3.8, 4) is 5.75 Å². The number of hydrogen-bond acceptors (Lipinski definition) is 2. The lowest BCUT2D eigenvalue weighted by atomic mass is 9.91. The molecule has 0 bridgehead atoms. The number of para-hydroxylation sites is 1. The highest BCUT2D eigenvalue weighted by atomic mass is 16.5. The van der Waals surface area contributed by atoms with E-state index >= 15 is 0 Å². The van der Waals surface area contributed by atoms with E-state index in [2.05, 4.69) is 44.3 Å². The highest BCUT2D eigenvalue weighted by molar-refractivity contribution is 5.37. The standard InChI is InChI=1S/C14H21NO/c1-4-11(3)15-14-10(2)9-16-13-8-6-5-7-12(13)14/h5-8,10-11,14-15H,4,9H2,1-3H3. The lowest BCUT2D eigenvalue weighted by Crippen LogP contribution is -2.38. The van der Waals surface area contributed by atoms with Gasteiger partial charge in [-0.3, -0.25) is 0 Å². The van der Waals surface area contributed by atoms with Crippen molar-refractivity contribution in [2.75, 3.05) is 6.61 Å². The normalized spacial score (nSPS) is 25.7. The summed E-state index contributed by atoms with van der Waals surface area (Å²) in [5.74, 6) is 1.57. The maximum atomic E-state index is 5.74. The van der Waals surface area contributed by atoms with Gasteiger partial charge in [0, 0.05) is 23.6 Å². The number of rotatable bonds is 3. The van der Waals surface area contributed by atoms with Crippen LogP contribution < -0.4 is 10.1 Å². The van der Waals surface area contributed by atoms with Gasteiger partial charge in [-0.2, -0.15) is 0 Å². The van der Waals surface area contributed by atoms with E-state index in [1.807, 2.05) is 6.07 Å². The van der Waals surface area contributed by atoms with Crippen LogP contribution in [0.2, 0.25) is 0 Å². The minimum atomic E-state index is 0.430. The molecule has 0 saturated heterocycles. The smallest absolute Gasteiger partial charge is 0.124 e. The quantitative estimate of drug-likeness (QED) is 0.843. The fourth-order valence-corrected chi connectivity index (χ4v) is 2.17. The molecule has 0 amide bonds. The fraction of sp³-hybridized carbons (Fsp3) is 0.571. The van der Waals surface area contributed by atoms with Crippen LogP contribution in [0.25, 0.3) is 0 Å². The van der Waals surface area contributed by atoms with Crippen molar-refractivity contribution in [1.82, 2.24) is 5.32 Å². The predicted octanol–water partition coefficient (Wildman–Crippen LogP) is 3.14. The van der Waals surface area contributed by atoms with Crippen LogP contribution in [0, 0.1) is 5.92 Å². The molecular weight excluding hydrogens is 198 g/mol. The van der Waals surface area contributed by atoms with Crippen molar-refractivity contribution < 1.29 is 4.74 Å². The van der Waals surface area contributed by atoms with Gasteiger partial charge in [0.25, 0.3) is 0 Å². The van der Waals surface area contributed by atoms with Gasteiger partial charge in [0.05, 0.1) is 6.61 Å². The SMILES string of the molecule is CCC(C)NC1c2ccccc2OCC1C. The Morgan fingerprint density at radius 1 is 1.44 bits per heavy atom. The van der Waals surface area contributed by atoms with E-state index in [4.69, 9.17) is 4.74 Å². The van der Waals surface area contributed by atoms with Crippen LogP contribution in [0.1, 0.15) is 38.8 Å². The van der Waals surface area contributed by atoms with Gasteiger partial charge >= 0.3 is 0 Å². The predicted molar refractivity (Wildman–Crippen MR) is 66.7 cm³/mol. The van der Waals surface area contributed by atoms with Crippen LogP contribution in [0.15, 0.2) is 24.3 Å². The monoisotopic (exact) mass is 219 g/mol. The van der Waals surface area contributed by atoms with Crippen LogP contribution in [-0.2, 0) is 0 Å². The summed E-state index contributed by atoms with van der Waals surface area (Å²) in [7, 11) is 0. The molecule has 88 valence electrons. The van der Waals surface area contributed by atoms with Crippen LogP contribution in [0.4, 0.5) is 0 Å². The average Bonchev–Trinajstić information content (AvgIpc) is 2.32. The topological polar surface area (TPSA) is 21.3 Å². The van der Waals surface area contributed by atoms with E-state index in [-0.39, 0.29) is 0 Å². The zero-order chi connectivity index (χ0) is 11.5. The first-order valence-electron chi connectivity index (χ1n) is 6.20. The molecule has 2 rings (SSSR count). The molecule has 1 aliphatic rings. The van der Waals surface area contributed by atoms with Gasteiger partial charge in [0.1, 0.15) is 5.75 Å². The molecule has 1 aliphatic heterocycles. The van der Waals surface area contributed by atoms with Crippen molar-refractivity contribution in [2.24, 2.45) is 5.92 Å². The largest absolute Gasteiger partial charge is 0.493 e. The van der Waals surface area contributed by atoms with Gasteiger partial charge in [-0.15, -0.1) is 0 Å². The summed E-state index contributed by atoms with van der Waals surface area (Å²) in [5, 5.41) is 3.69. The summed E-state index contributed by atoms with van der Waals surface area (Å²) >= 11 is 0. The van der Waals surface area contributed by atoms with Crippen LogP contribution >= 0.6 is 0 Å². The molecule has 3 unspecified atom stereocenters. The lowest BCUT2D eigenvalue weighted by Gasteiger charge is -2.34. The highest BCUT2D eigenvalue weighted by Gasteiger charge is 2.27. The zero-order valence-corrected chi connectivity index (χ0v) is 10.4. The number of nitrogens with one attached hydrogen (secondary N) is 1. The second kappa shape index (κ2) is 4.88. The minimum Gasteiger partial charge on any atom is -0.493 e. The Labute approximate surface area is 98.0 Å². The molecule has 3 atom stereocenters. The molecule has 0 spiro atoms. The van der Waals surface area contributed by atoms with Gasteiger partial charge in [0.15, 0.2) is 0 Å². The van der Waals surface area contributed by atoms with Crippen LogP contribution in [0.3, 0.4) is 0 Å². The van der Waals surface area contributed by atoms with E-state index in [0.29, 0.717) is 18.0 Å².